The monoisotopic (exact) mass is 287 g/mol. The Morgan fingerprint density at radius 2 is 2.05 bits per heavy atom. The number of likely N-dealkylation sites (tertiary alicyclic amines) is 1. The molecule has 3 rings (SSSR count). The number of carbonyl (C=O) groups is 2. The van der Waals surface area contributed by atoms with Gasteiger partial charge < -0.3 is 15.5 Å². The highest BCUT2D eigenvalue weighted by atomic mass is 16.2. The van der Waals surface area contributed by atoms with E-state index in [0.717, 1.165) is 25.9 Å². The molecule has 2 aliphatic rings. The summed E-state index contributed by atoms with van der Waals surface area (Å²) in [4.78, 5) is 25.5. The maximum absolute atomic E-state index is 12.6. The number of fused-ring (bicyclic) bond motifs is 1. The van der Waals surface area contributed by atoms with Gasteiger partial charge in [0.05, 0.1) is 6.04 Å². The summed E-state index contributed by atoms with van der Waals surface area (Å²) >= 11 is 0. The number of benzene rings is 1. The molecule has 5 heteroatoms. The number of hydrogen-bond donors (Lipinski definition) is 2. The highest BCUT2D eigenvalue weighted by Crippen LogP contribution is 2.19. The third-order valence-electron chi connectivity index (χ3n) is 4.29. The molecular formula is C16H21N3O2. The minimum absolute atomic E-state index is 0.0287. The summed E-state index contributed by atoms with van der Waals surface area (Å²) in [6, 6.07) is 8.21. The van der Waals surface area contributed by atoms with Crippen molar-refractivity contribution >= 4 is 11.8 Å². The Balaban J connectivity index is 1.61. The van der Waals surface area contributed by atoms with Crippen LogP contribution in [0.4, 0.5) is 0 Å². The van der Waals surface area contributed by atoms with Gasteiger partial charge in [-0.05, 0) is 24.0 Å². The molecular weight excluding hydrogens is 266 g/mol. The van der Waals surface area contributed by atoms with Crippen molar-refractivity contribution in [2.45, 2.75) is 38.4 Å². The van der Waals surface area contributed by atoms with Gasteiger partial charge >= 0.3 is 0 Å². The van der Waals surface area contributed by atoms with Gasteiger partial charge in [0.1, 0.15) is 0 Å². The Labute approximate surface area is 124 Å². The molecule has 1 aromatic rings. The van der Waals surface area contributed by atoms with E-state index in [1.54, 1.807) is 0 Å². The van der Waals surface area contributed by atoms with Gasteiger partial charge in [0.15, 0.2) is 0 Å². The van der Waals surface area contributed by atoms with E-state index in [4.69, 9.17) is 0 Å². The predicted octanol–water partition coefficient (Wildman–Crippen LogP) is 0.438. The highest BCUT2D eigenvalue weighted by Gasteiger charge is 2.32. The van der Waals surface area contributed by atoms with Crippen LogP contribution >= 0.6 is 0 Å². The number of amides is 2. The summed E-state index contributed by atoms with van der Waals surface area (Å²) in [5, 5.41) is 6.22. The molecule has 1 saturated heterocycles. The molecule has 0 radical (unpaired) electrons. The molecule has 2 aliphatic heterocycles. The fourth-order valence-electron chi connectivity index (χ4n) is 3.22. The van der Waals surface area contributed by atoms with Crippen molar-refractivity contribution < 1.29 is 9.59 Å². The lowest BCUT2D eigenvalue weighted by Gasteiger charge is -2.29. The van der Waals surface area contributed by atoms with E-state index >= 15 is 0 Å². The van der Waals surface area contributed by atoms with Crippen LogP contribution in [0.1, 0.15) is 24.5 Å². The van der Waals surface area contributed by atoms with Crippen molar-refractivity contribution in [3.8, 4) is 0 Å². The highest BCUT2D eigenvalue weighted by molar-refractivity contribution is 5.83. The molecule has 1 unspecified atom stereocenters. The average molecular weight is 287 g/mol. The second-order valence-corrected chi connectivity index (χ2v) is 5.88. The zero-order valence-electron chi connectivity index (χ0n) is 12.3. The fourth-order valence-corrected chi connectivity index (χ4v) is 3.22. The van der Waals surface area contributed by atoms with Crippen LogP contribution in [0, 0.1) is 0 Å². The second-order valence-electron chi connectivity index (χ2n) is 5.88. The Morgan fingerprint density at radius 3 is 2.81 bits per heavy atom. The van der Waals surface area contributed by atoms with Gasteiger partial charge in [-0.1, -0.05) is 24.3 Å². The molecule has 2 amide bonds. The minimum Gasteiger partial charge on any atom is -0.352 e. The summed E-state index contributed by atoms with van der Waals surface area (Å²) in [7, 11) is 0. The predicted molar refractivity (Wildman–Crippen MR) is 79.6 cm³/mol. The third-order valence-corrected chi connectivity index (χ3v) is 4.29. The van der Waals surface area contributed by atoms with Crippen molar-refractivity contribution in [3.05, 3.63) is 35.4 Å². The summed E-state index contributed by atoms with van der Waals surface area (Å²) in [6.07, 6.45) is 1.59. The lowest BCUT2D eigenvalue weighted by molar-refractivity contribution is -0.132. The number of carbonyl (C=O) groups excluding carboxylic acids is 2. The Morgan fingerprint density at radius 1 is 1.29 bits per heavy atom. The average Bonchev–Trinajstić information content (AvgIpc) is 2.93. The number of nitrogens with one attached hydrogen (secondary N) is 2. The molecule has 21 heavy (non-hydrogen) atoms. The summed E-state index contributed by atoms with van der Waals surface area (Å²) in [5.74, 6) is 0.122. The standard InChI is InChI=1S/C16H21N3O2/c1-11(20)18-14-6-7-19(10-14)16(21)15-8-12-4-2-3-5-13(12)9-17-15/h2-5,14-15,17H,6-10H2,1H3,(H,18,20)/t14?,15-/m0/s1. The molecule has 0 bridgehead atoms. The van der Waals surface area contributed by atoms with E-state index in [1.165, 1.54) is 18.1 Å². The van der Waals surface area contributed by atoms with Crippen LogP contribution in [0.2, 0.25) is 0 Å². The van der Waals surface area contributed by atoms with Crippen LogP contribution < -0.4 is 10.6 Å². The first-order chi connectivity index (χ1) is 10.1. The first-order valence-corrected chi connectivity index (χ1v) is 7.49. The van der Waals surface area contributed by atoms with Crippen LogP contribution in [-0.2, 0) is 22.6 Å². The van der Waals surface area contributed by atoms with Crippen LogP contribution in [0.25, 0.3) is 0 Å². The van der Waals surface area contributed by atoms with Gasteiger partial charge in [0.2, 0.25) is 11.8 Å². The zero-order valence-corrected chi connectivity index (χ0v) is 12.3. The molecule has 112 valence electrons. The normalized spacial score (nSPS) is 24.5. The smallest absolute Gasteiger partial charge is 0.240 e. The van der Waals surface area contributed by atoms with Gasteiger partial charge in [-0.15, -0.1) is 0 Å². The van der Waals surface area contributed by atoms with E-state index in [9.17, 15) is 9.59 Å². The number of hydrogen-bond acceptors (Lipinski definition) is 3. The van der Waals surface area contributed by atoms with E-state index in [2.05, 4.69) is 22.8 Å². The maximum atomic E-state index is 12.6. The number of nitrogens with zero attached hydrogens (tertiary/aromatic N) is 1. The lowest BCUT2D eigenvalue weighted by Crippen LogP contribution is -2.49. The molecule has 5 nitrogen and oxygen atoms in total. The van der Waals surface area contributed by atoms with Gasteiger partial charge in [-0.25, -0.2) is 0 Å². The van der Waals surface area contributed by atoms with Crippen LogP contribution in [0.15, 0.2) is 24.3 Å². The summed E-state index contributed by atoms with van der Waals surface area (Å²) in [6.45, 7) is 3.61. The van der Waals surface area contributed by atoms with Crippen molar-refractivity contribution in [2.24, 2.45) is 0 Å². The van der Waals surface area contributed by atoms with Gasteiger partial charge in [-0.2, -0.15) is 0 Å². The van der Waals surface area contributed by atoms with Crippen LogP contribution in [0.3, 0.4) is 0 Å². The summed E-state index contributed by atoms with van der Waals surface area (Å²) in [5.41, 5.74) is 2.53. The molecule has 1 fully saturated rings. The van der Waals surface area contributed by atoms with Crippen molar-refractivity contribution in [3.63, 3.8) is 0 Å². The Bertz CT molecular complexity index is 558. The molecule has 2 atom stereocenters. The van der Waals surface area contributed by atoms with E-state index in [-0.39, 0.29) is 23.9 Å². The third kappa shape index (κ3) is 3.08. The minimum atomic E-state index is -0.143. The molecule has 0 spiro atoms. The van der Waals surface area contributed by atoms with E-state index in [0.29, 0.717) is 6.54 Å². The van der Waals surface area contributed by atoms with Crippen molar-refractivity contribution in [1.82, 2.24) is 15.5 Å². The summed E-state index contributed by atoms with van der Waals surface area (Å²) < 4.78 is 0. The fraction of sp³-hybridized carbons (Fsp3) is 0.500. The largest absolute Gasteiger partial charge is 0.352 e. The molecule has 0 aromatic heterocycles. The van der Waals surface area contributed by atoms with Crippen LogP contribution in [-0.4, -0.2) is 41.9 Å². The first-order valence-electron chi connectivity index (χ1n) is 7.49. The molecule has 1 aromatic carbocycles. The van der Waals surface area contributed by atoms with Gasteiger partial charge in [-0.3, -0.25) is 9.59 Å². The molecule has 2 N–H and O–H groups in total. The first kappa shape index (κ1) is 14.1. The van der Waals surface area contributed by atoms with Crippen LogP contribution in [0.5, 0.6) is 0 Å². The Kier molecular flexibility index (Phi) is 3.92. The second kappa shape index (κ2) is 5.85. The lowest BCUT2D eigenvalue weighted by atomic mass is 9.95. The maximum Gasteiger partial charge on any atom is 0.240 e. The SMILES string of the molecule is CC(=O)NC1CCN(C(=O)[C@@H]2Cc3ccccc3CN2)C1. The van der Waals surface area contributed by atoms with E-state index < -0.39 is 0 Å². The quantitative estimate of drug-likeness (QED) is 0.829. The zero-order chi connectivity index (χ0) is 14.8. The van der Waals surface area contributed by atoms with Crippen molar-refractivity contribution in [1.29, 1.82) is 0 Å². The Hall–Kier alpha value is -1.88. The number of rotatable bonds is 2. The topological polar surface area (TPSA) is 61.4 Å². The van der Waals surface area contributed by atoms with E-state index in [1.807, 2.05) is 17.0 Å². The van der Waals surface area contributed by atoms with Gasteiger partial charge in [0.25, 0.3) is 0 Å². The van der Waals surface area contributed by atoms with Gasteiger partial charge in [0, 0.05) is 32.6 Å². The molecule has 0 saturated carbocycles. The van der Waals surface area contributed by atoms with Crippen molar-refractivity contribution in [2.75, 3.05) is 13.1 Å². The molecule has 0 aliphatic carbocycles. The molecule has 2 heterocycles.